The first kappa shape index (κ1) is 7.97. The molecule has 0 amide bonds. The van der Waals surface area contributed by atoms with E-state index in [0.717, 1.165) is 17.0 Å². The summed E-state index contributed by atoms with van der Waals surface area (Å²) in [4.78, 5) is 10.2. The van der Waals surface area contributed by atoms with Crippen LogP contribution in [0.15, 0.2) is 6.08 Å². The summed E-state index contributed by atoms with van der Waals surface area (Å²) in [6.45, 7) is 1.91. The van der Waals surface area contributed by atoms with Gasteiger partial charge in [0.25, 0.3) is 0 Å². The van der Waals surface area contributed by atoms with Gasteiger partial charge in [0.2, 0.25) is 6.04 Å². The molecule has 1 aromatic heterocycles. The van der Waals surface area contributed by atoms with Crippen LogP contribution in [0.2, 0.25) is 0 Å². The van der Waals surface area contributed by atoms with Crippen molar-refractivity contribution < 1.29 is 4.92 Å². The number of fused-ring (bicyclic) bond motifs is 1. The molecule has 1 aliphatic carbocycles. The molecule has 0 saturated carbocycles. The lowest BCUT2D eigenvalue weighted by atomic mass is 10.00. The molecule has 0 bridgehead atoms. The Balaban J connectivity index is 2.35. The summed E-state index contributed by atoms with van der Waals surface area (Å²) in [6.07, 6.45) is 3.78. The molecule has 1 atom stereocenters. The van der Waals surface area contributed by atoms with E-state index in [2.05, 4.69) is 10.2 Å². The number of H-pyrrole nitrogens is 1. The minimum absolute atomic E-state index is 0.288. The molecule has 13 heavy (non-hydrogen) atoms. The van der Waals surface area contributed by atoms with E-state index in [9.17, 15) is 10.1 Å². The molecular weight excluding hydrogens is 170 g/mol. The second kappa shape index (κ2) is 2.69. The predicted octanol–water partition coefficient (Wildman–Crippen LogP) is 0.933. The van der Waals surface area contributed by atoms with Crippen LogP contribution in [-0.2, 0) is 6.42 Å². The molecule has 0 spiro atoms. The van der Waals surface area contributed by atoms with Gasteiger partial charge >= 0.3 is 0 Å². The highest BCUT2D eigenvalue weighted by molar-refractivity contribution is 5.57. The smallest absolute Gasteiger partial charge is 0.237 e. The fourth-order valence-corrected chi connectivity index (χ4v) is 1.48. The molecule has 1 heterocycles. The van der Waals surface area contributed by atoms with Crippen LogP contribution in [0.25, 0.3) is 6.08 Å². The molecule has 0 aromatic carbocycles. The van der Waals surface area contributed by atoms with Gasteiger partial charge in [-0.1, -0.05) is 0 Å². The Hall–Kier alpha value is -1.65. The molecule has 0 fully saturated rings. The molecule has 0 saturated heterocycles. The second-order valence-corrected chi connectivity index (χ2v) is 3.12. The number of aryl methyl sites for hydroxylation is 1. The number of nitrogens with one attached hydrogen (secondary N) is 1. The third-order valence-electron chi connectivity index (χ3n) is 2.23. The Kier molecular flexibility index (Phi) is 1.65. The Morgan fingerprint density at radius 1 is 1.77 bits per heavy atom. The molecule has 1 unspecified atom stereocenters. The van der Waals surface area contributed by atoms with Crippen molar-refractivity contribution in [2.24, 2.45) is 0 Å². The molecule has 1 N–H and O–H groups in total. The number of hydrogen-bond acceptors (Lipinski definition) is 3. The van der Waals surface area contributed by atoms with E-state index in [4.69, 9.17) is 0 Å². The van der Waals surface area contributed by atoms with Gasteiger partial charge in [0.05, 0.1) is 12.1 Å². The van der Waals surface area contributed by atoms with Crippen molar-refractivity contribution in [3.05, 3.63) is 33.1 Å². The lowest BCUT2D eigenvalue weighted by molar-refractivity contribution is -0.508. The van der Waals surface area contributed by atoms with Crippen LogP contribution in [-0.4, -0.2) is 21.2 Å². The number of nitro groups is 1. The summed E-state index contributed by atoms with van der Waals surface area (Å²) < 4.78 is 0. The zero-order chi connectivity index (χ0) is 9.42. The fourth-order valence-electron chi connectivity index (χ4n) is 1.48. The molecule has 68 valence electrons. The van der Waals surface area contributed by atoms with Gasteiger partial charge in [-0.3, -0.25) is 15.2 Å². The number of nitrogens with zero attached hydrogens (tertiary/aromatic N) is 2. The zero-order valence-electron chi connectivity index (χ0n) is 7.15. The maximum Gasteiger partial charge on any atom is 0.237 e. The quantitative estimate of drug-likeness (QED) is 0.515. The van der Waals surface area contributed by atoms with Crippen molar-refractivity contribution in [2.75, 3.05) is 0 Å². The van der Waals surface area contributed by atoms with Crippen LogP contribution in [0.5, 0.6) is 0 Å². The zero-order valence-corrected chi connectivity index (χ0v) is 7.15. The molecule has 5 nitrogen and oxygen atoms in total. The van der Waals surface area contributed by atoms with Crippen molar-refractivity contribution in [3.8, 4) is 0 Å². The molecule has 1 aliphatic rings. The highest BCUT2D eigenvalue weighted by Gasteiger charge is 2.24. The van der Waals surface area contributed by atoms with Gasteiger partial charge in [-0.15, -0.1) is 0 Å². The third-order valence-corrected chi connectivity index (χ3v) is 2.23. The first-order valence-electron chi connectivity index (χ1n) is 4.04. The van der Waals surface area contributed by atoms with E-state index < -0.39 is 6.04 Å². The predicted molar refractivity (Wildman–Crippen MR) is 46.8 cm³/mol. The highest BCUT2D eigenvalue weighted by atomic mass is 16.6. The second-order valence-electron chi connectivity index (χ2n) is 3.12. The normalized spacial score (nSPS) is 19.9. The summed E-state index contributed by atoms with van der Waals surface area (Å²) >= 11 is 0. The first-order chi connectivity index (χ1) is 6.18. The standard InChI is InChI=1S/C8H9N3O2/c1-5-7-3-2-6(11(12)13)4-8(7)10-9-5/h2-3,6H,4H2,1H3,(H,9,10). The molecule has 0 radical (unpaired) electrons. The average Bonchev–Trinajstić information content (AvgIpc) is 2.47. The fraction of sp³-hybridized carbons (Fsp3) is 0.375. The van der Waals surface area contributed by atoms with Gasteiger partial charge in [0, 0.05) is 16.2 Å². The lowest BCUT2D eigenvalue weighted by Crippen LogP contribution is -2.22. The van der Waals surface area contributed by atoms with Crippen LogP contribution < -0.4 is 0 Å². The van der Waals surface area contributed by atoms with E-state index in [1.807, 2.05) is 6.92 Å². The average molecular weight is 179 g/mol. The largest absolute Gasteiger partial charge is 0.282 e. The van der Waals surface area contributed by atoms with Gasteiger partial charge in [-0.2, -0.15) is 5.10 Å². The van der Waals surface area contributed by atoms with Crippen LogP contribution in [0, 0.1) is 17.0 Å². The highest BCUT2D eigenvalue weighted by Crippen LogP contribution is 2.20. The SMILES string of the molecule is Cc1[nH]nc2c1C=CC([N+](=O)[O-])C2. The van der Waals surface area contributed by atoms with Gasteiger partial charge in [-0.25, -0.2) is 0 Å². The van der Waals surface area contributed by atoms with E-state index in [1.54, 1.807) is 12.2 Å². The van der Waals surface area contributed by atoms with Gasteiger partial charge in [-0.05, 0) is 19.1 Å². The third kappa shape index (κ3) is 1.22. The van der Waals surface area contributed by atoms with Crippen molar-refractivity contribution in [3.63, 3.8) is 0 Å². The van der Waals surface area contributed by atoms with Crippen LogP contribution in [0.3, 0.4) is 0 Å². The van der Waals surface area contributed by atoms with Crippen molar-refractivity contribution in [1.29, 1.82) is 0 Å². The Morgan fingerprint density at radius 2 is 2.54 bits per heavy atom. The number of aromatic nitrogens is 2. The maximum atomic E-state index is 10.5. The summed E-state index contributed by atoms with van der Waals surface area (Å²) in [5.41, 5.74) is 2.76. The molecule has 0 aliphatic heterocycles. The van der Waals surface area contributed by atoms with Gasteiger partial charge < -0.3 is 0 Å². The lowest BCUT2D eigenvalue weighted by Gasteiger charge is -2.08. The molecule has 1 aromatic rings. The number of aromatic amines is 1. The van der Waals surface area contributed by atoms with E-state index >= 15 is 0 Å². The monoisotopic (exact) mass is 179 g/mol. The van der Waals surface area contributed by atoms with Crippen LogP contribution >= 0.6 is 0 Å². The van der Waals surface area contributed by atoms with Crippen molar-refractivity contribution in [2.45, 2.75) is 19.4 Å². The van der Waals surface area contributed by atoms with Crippen molar-refractivity contribution >= 4 is 6.08 Å². The van der Waals surface area contributed by atoms with Gasteiger partial charge in [0.1, 0.15) is 0 Å². The van der Waals surface area contributed by atoms with E-state index in [0.29, 0.717) is 6.42 Å². The Bertz CT molecular complexity index is 381. The summed E-state index contributed by atoms with van der Waals surface area (Å²) in [6, 6.07) is -0.616. The van der Waals surface area contributed by atoms with E-state index in [1.165, 1.54) is 0 Å². The topological polar surface area (TPSA) is 71.8 Å². The summed E-state index contributed by atoms with van der Waals surface area (Å²) in [7, 11) is 0. The van der Waals surface area contributed by atoms with E-state index in [-0.39, 0.29) is 4.92 Å². The molecule has 5 heteroatoms. The Morgan fingerprint density at radius 3 is 3.23 bits per heavy atom. The van der Waals surface area contributed by atoms with Crippen molar-refractivity contribution in [1.82, 2.24) is 10.2 Å². The molecular formula is C8H9N3O2. The number of rotatable bonds is 1. The summed E-state index contributed by atoms with van der Waals surface area (Å²) in [5.74, 6) is 0. The minimum Gasteiger partial charge on any atom is -0.282 e. The van der Waals surface area contributed by atoms with Crippen LogP contribution in [0.1, 0.15) is 17.0 Å². The number of hydrogen-bond donors (Lipinski definition) is 1. The Labute approximate surface area is 74.6 Å². The first-order valence-corrected chi connectivity index (χ1v) is 4.04. The maximum absolute atomic E-state index is 10.5. The minimum atomic E-state index is -0.616. The van der Waals surface area contributed by atoms with Crippen LogP contribution in [0.4, 0.5) is 0 Å². The summed E-state index contributed by atoms with van der Waals surface area (Å²) in [5, 5.41) is 17.3. The van der Waals surface area contributed by atoms with Gasteiger partial charge in [0.15, 0.2) is 0 Å². The molecule has 2 rings (SSSR count).